The van der Waals surface area contributed by atoms with E-state index in [-0.39, 0.29) is 10.7 Å². The minimum Gasteiger partial charge on any atom is -0.393 e. The summed E-state index contributed by atoms with van der Waals surface area (Å²) in [6.07, 6.45) is 7.45. The van der Waals surface area contributed by atoms with Gasteiger partial charge < -0.3 is 5.11 Å². The van der Waals surface area contributed by atoms with Crippen molar-refractivity contribution in [3.63, 3.8) is 0 Å². The van der Waals surface area contributed by atoms with Gasteiger partial charge in [-0.1, -0.05) is 12.8 Å². The van der Waals surface area contributed by atoms with E-state index in [0.717, 1.165) is 38.5 Å². The Morgan fingerprint density at radius 1 is 1.20 bits per heavy atom. The van der Waals surface area contributed by atoms with Gasteiger partial charge in [0.25, 0.3) is 0 Å². The van der Waals surface area contributed by atoms with Crippen LogP contribution in [-0.4, -0.2) is 31.1 Å². The molecule has 2 saturated carbocycles. The molecule has 2 aliphatic rings. The van der Waals surface area contributed by atoms with Crippen molar-refractivity contribution in [1.29, 1.82) is 0 Å². The summed E-state index contributed by atoms with van der Waals surface area (Å²) in [5, 5.41) is 9.33. The quantitative estimate of drug-likeness (QED) is 0.745. The van der Waals surface area contributed by atoms with Gasteiger partial charge in [0.1, 0.15) is 0 Å². The van der Waals surface area contributed by atoms with Gasteiger partial charge >= 0.3 is 0 Å². The molecule has 0 amide bonds. The van der Waals surface area contributed by atoms with Gasteiger partial charge in [0.15, 0.2) is 9.84 Å². The summed E-state index contributed by atoms with van der Waals surface area (Å²) in [5.41, 5.74) is 0.00676. The second-order valence-electron chi connectivity index (χ2n) is 5.32. The van der Waals surface area contributed by atoms with E-state index in [1.807, 2.05) is 0 Å². The van der Waals surface area contributed by atoms with E-state index >= 15 is 0 Å². The third kappa shape index (κ3) is 2.07. The fourth-order valence-corrected chi connectivity index (χ4v) is 5.34. The summed E-state index contributed by atoms with van der Waals surface area (Å²) in [5.74, 6) is 0. The van der Waals surface area contributed by atoms with E-state index in [4.69, 9.17) is 0 Å². The Bertz CT molecular complexity index is 328. The fourth-order valence-electron chi connectivity index (χ4n) is 3.51. The highest BCUT2D eigenvalue weighted by Crippen LogP contribution is 2.51. The Hall–Kier alpha value is -0.0900. The van der Waals surface area contributed by atoms with Gasteiger partial charge in [-0.15, -0.1) is 0 Å². The van der Waals surface area contributed by atoms with Crippen LogP contribution in [0.2, 0.25) is 0 Å². The number of hydrogen-bond acceptors (Lipinski definition) is 3. The predicted octanol–water partition coefficient (Wildman–Crippen LogP) is 1.50. The van der Waals surface area contributed by atoms with Crippen LogP contribution in [0.5, 0.6) is 0 Å². The third-order valence-corrected chi connectivity index (χ3v) is 5.99. The van der Waals surface area contributed by atoms with Gasteiger partial charge in [0.05, 0.1) is 11.4 Å². The van der Waals surface area contributed by atoms with Crippen molar-refractivity contribution >= 4 is 9.84 Å². The number of rotatable bonds is 1. The second-order valence-corrected chi connectivity index (χ2v) is 7.54. The van der Waals surface area contributed by atoms with Crippen molar-refractivity contribution in [3.8, 4) is 0 Å². The molecule has 1 N–H and O–H groups in total. The summed E-state index contributed by atoms with van der Waals surface area (Å²) < 4.78 is 23.6. The largest absolute Gasteiger partial charge is 0.393 e. The van der Waals surface area contributed by atoms with Crippen LogP contribution in [0.1, 0.15) is 44.9 Å². The van der Waals surface area contributed by atoms with Gasteiger partial charge in [-0.25, -0.2) is 8.42 Å². The molecule has 0 radical (unpaired) electrons. The van der Waals surface area contributed by atoms with Gasteiger partial charge in [0.2, 0.25) is 0 Å². The minimum atomic E-state index is -3.01. The molecule has 2 fully saturated rings. The zero-order valence-corrected chi connectivity index (χ0v) is 10.1. The molecule has 15 heavy (non-hydrogen) atoms. The lowest BCUT2D eigenvalue weighted by Gasteiger charge is -2.42. The molecule has 0 aliphatic heterocycles. The lowest BCUT2D eigenvalue weighted by molar-refractivity contribution is 0.0691. The molecule has 0 saturated heterocycles. The van der Waals surface area contributed by atoms with Crippen molar-refractivity contribution in [2.45, 2.75) is 56.3 Å². The van der Waals surface area contributed by atoms with Crippen molar-refractivity contribution in [3.05, 3.63) is 0 Å². The topological polar surface area (TPSA) is 54.4 Å². The Labute approximate surface area is 91.8 Å². The summed E-state index contributed by atoms with van der Waals surface area (Å²) in [6.45, 7) is 0. The molecule has 2 unspecified atom stereocenters. The van der Waals surface area contributed by atoms with E-state index in [1.54, 1.807) is 0 Å². The average Bonchev–Trinajstić information content (AvgIpc) is 2.57. The molecule has 0 aromatic carbocycles. The van der Waals surface area contributed by atoms with Crippen LogP contribution in [-0.2, 0) is 9.84 Å². The van der Waals surface area contributed by atoms with Crippen LogP contribution in [0.15, 0.2) is 0 Å². The maximum Gasteiger partial charge on any atom is 0.150 e. The standard InChI is InChI=1S/C11H20O3S/c1-15(13,14)10-8-9(12)4-7-11(10)5-2-3-6-11/h9-10,12H,2-8H2,1H3. The molecule has 88 valence electrons. The molecule has 0 aromatic rings. The normalized spacial score (nSPS) is 35.9. The Balaban J connectivity index is 2.28. The molecule has 3 nitrogen and oxygen atoms in total. The van der Waals surface area contributed by atoms with E-state index < -0.39 is 15.9 Å². The van der Waals surface area contributed by atoms with Gasteiger partial charge in [-0.3, -0.25) is 0 Å². The van der Waals surface area contributed by atoms with E-state index in [0.29, 0.717) is 6.42 Å². The summed E-state index contributed by atoms with van der Waals surface area (Å²) >= 11 is 0. The van der Waals surface area contributed by atoms with Gasteiger partial charge in [-0.05, 0) is 37.5 Å². The van der Waals surface area contributed by atoms with Crippen molar-refractivity contribution in [2.75, 3.05) is 6.26 Å². The predicted molar refractivity (Wildman–Crippen MR) is 59.4 cm³/mol. The number of aliphatic hydroxyl groups excluding tert-OH is 1. The van der Waals surface area contributed by atoms with Crippen molar-refractivity contribution in [2.24, 2.45) is 5.41 Å². The lowest BCUT2D eigenvalue weighted by atomic mass is 9.71. The average molecular weight is 232 g/mol. The monoisotopic (exact) mass is 232 g/mol. The first-order valence-corrected chi connectivity index (χ1v) is 7.76. The fraction of sp³-hybridized carbons (Fsp3) is 1.00. The first kappa shape index (κ1) is 11.4. The summed E-state index contributed by atoms with van der Waals surface area (Å²) in [7, 11) is -3.01. The molecule has 2 rings (SSSR count). The lowest BCUT2D eigenvalue weighted by Crippen LogP contribution is -2.45. The van der Waals surface area contributed by atoms with Crippen molar-refractivity contribution < 1.29 is 13.5 Å². The first-order chi connectivity index (χ1) is 6.94. The maximum absolute atomic E-state index is 11.8. The zero-order valence-electron chi connectivity index (χ0n) is 9.28. The van der Waals surface area contributed by atoms with Crippen LogP contribution in [0.4, 0.5) is 0 Å². The van der Waals surface area contributed by atoms with Crippen LogP contribution < -0.4 is 0 Å². The van der Waals surface area contributed by atoms with Crippen molar-refractivity contribution in [1.82, 2.24) is 0 Å². The van der Waals surface area contributed by atoms with Crippen LogP contribution in [0.3, 0.4) is 0 Å². The molecule has 2 atom stereocenters. The molecule has 4 heteroatoms. The number of aliphatic hydroxyl groups is 1. The third-order valence-electron chi connectivity index (χ3n) is 4.26. The Morgan fingerprint density at radius 2 is 1.80 bits per heavy atom. The smallest absolute Gasteiger partial charge is 0.150 e. The highest BCUT2D eigenvalue weighted by Gasteiger charge is 2.49. The van der Waals surface area contributed by atoms with E-state index in [9.17, 15) is 13.5 Å². The van der Waals surface area contributed by atoms with Gasteiger partial charge in [-0.2, -0.15) is 0 Å². The number of hydrogen-bond donors (Lipinski definition) is 1. The number of sulfone groups is 1. The second kappa shape index (κ2) is 3.74. The highest BCUT2D eigenvalue weighted by atomic mass is 32.2. The minimum absolute atomic E-state index is 0.00676. The maximum atomic E-state index is 11.8. The van der Waals surface area contributed by atoms with E-state index in [1.165, 1.54) is 6.26 Å². The van der Waals surface area contributed by atoms with Gasteiger partial charge in [0, 0.05) is 6.26 Å². The first-order valence-electron chi connectivity index (χ1n) is 5.81. The molecule has 0 heterocycles. The molecule has 0 aromatic heterocycles. The molecule has 2 aliphatic carbocycles. The summed E-state index contributed by atoms with van der Waals surface area (Å²) in [4.78, 5) is 0. The van der Waals surface area contributed by atoms with Crippen LogP contribution in [0.25, 0.3) is 0 Å². The molecule has 0 bridgehead atoms. The zero-order chi connectivity index (χ0) is 11.1. The highest BCUT2D eigenvalue weighted by molar-refractivity contribution is 7.91. The van der Waals surface area contributed by atoms with Crippen LogP contribution >= 0.6 is 0 Å². The van der Waals surface area contributed by atoms with E-state index in [2.05, 4.69) is 0 Å². The molecule has 1 spiro atoms. The van der Waals surface area contributed by atoms with Crippen LogP contribution in [0, 0.1) is 5.41 Å². The molecular weight excluding hydrogens is 212 g/mol. The summed E-state index contributed by atoms with van der Waals surface area (Å²) in [6, 6.07) is 0. The SMILES string of the molecule is CS(=O)(=O)C1CC(O)CCC12CCCC2. The Kier molecular flexibility index (Phi) is 2.84. The Morgan fingerprint density at radius 3 is 2.33 bits per heavy atom. The molecular formula is C11H20O3S.